The first kappa shape index (κ1) is 20.5. The van der Waals surface area contributed by atoms with Crippen LogP contribution in [0.2, 0.25) is 0 Å². The summed E-state index contributed by atoms with van der Waals surface area (Å²) in [6.07, 6.45) is 0.942. The second-order valence-corrected chi connectivity index (χ2v) is 8.13. The summed E-state index contributed by atoms with van der Waals surface area (Å²) in [7, 11) is 0. The molecule has 0 amide bonds. The SMILES string of the molecule is CC1CN(c2ncnc3[nH]ccc23)CCC1c1ncc(-c2ccc(F)c(C(F)(F)F)c2)[nH]1. The molecule has 0 saturated carbocycles. The first-order valence-electron chi connectivity index (χ1n) is 10.3. The van der Waals surface area contributed by atoms with Crippen molar-refractivity contribution in [1.29, 1.82) is 0 Å². The summed E-state index contributed by atoms with van der Waals surface area (Å²) in [5, 5.41) is 0.968. The molecule has 1 fully saturated rings. The van der Waals surface area contributed by atoms with Crippen molar-refractivity contribution in [3.8, 4) is 11.3 Å². The number of nitrogens with one attached hydrogen (secondary N) is 2. The Labute approximate surface area is 180 Å². The average Bonchev–Trinajstić information content (AvgIpc) is 3.43. The third-order valence-corrected chi connectivity index (χ3v) is 6.07. The summed E-state index contributed by atoms with van der Waals surface area (Å²) in [6.45, 7) is 3.64. The zero-order valence-electron chi connectivity index (χ0n) is 17.1. The van der Waals surface area contributed by atoms with E-state index < -0.39 is 17.6 Å². The average molecular weight is 444 g/mol. The maximum absolute atomic E-state index is 13.6. The van der Waals surface area contributed by atoms with Gasteiger partial charge in [-0.25, -0.2) is 19.3 Å². The highest BCUT2D eigenvalue weighted by molar-refractivity contribution is 5.87. The van der Waals surface area contributed by atoms with Gasteiger partial charge in [0.05, 0.1) is 22.8 Å². The number of alkyl halides is 3. The fourth-order valence-corrected chi connectivity index (χ4v) is 4.44. The summed E-state index contributed by atoms with van der Waals surface area (Å²) in [5.74, 6) is 0.659. The number of rotatable bonds is 3. The van der Waals surface area contributed by atoms with Crippen molar-refractivity contribution >= 4 is 16.9 Å². The Hall–Kier alpha value is -3.43. The molecule has 1 aliphatic heterocycles. The number of H-pyrrole nitrogens is 2. The Balaban J connectivity index is 1.36. The highest BCUT2D eigenvalue weighted by Gasteiger charge is 2.35. The van der Waals surface area contributed by atoms with Gasteiger partial charge >= 0.3 is 6.18 Å². The number of hydrogen-bond acceptors (Lipinski definition) is 4. The maximum atomic E-state index is 13.6. The Morgan fingerprint density at radius 1 is 1.12 bits per heavy atom. The third kappa shape index (κ3) is 3.59. The molecule has 2 N–H and O–H groups in total. The van der Waals surface area contributed by atoms with Crippen molar-refractivity contribution < 1.29 is 17.6 Å². The smallest absolute Gasteiger partial charge is 0.356 e. The van der Waals surface area contributed by atoms with Crippen molar-refractivity contribution in [2.45, 2.75) is 25.4 Å². The molecular weight excluding hydrogens is 424 g/mol. The van der Waals surface area contributed by atoms with Crippen LogP contribution in [0, 0.1) is 11.7 Å². The molecular formula is C22H20F4N6. The predicted octanol–water partition coefficient (Wildman–Crippen LogP) is 5.14. The van der Waals surface area contributed by atoms with Crippen molar-refractivity contribution in [2.75, 3.05) is 18.0 Å². The van der Waals surface area contributed by atoms with Gasteiger partial charge in [-0.05, 0) is 36.6 Å². The van der Waals surface area contributed by atoms with E-state index in [4.69, 9.17) is 0 Å². The maximum Gasteiger partial charge on any atom is 0.419 e. The van der Waals surface area contributed by atoms with Crippen molar-refractivity contribution in [3.05, 3.63) is 60.2 Å². The number of benzene rings is 1. The lowest BCUT2D eigenvalue weighted by Crippen LogP contribution is -2.39. The molecule has 2 unspecified atom stereocenters. The number of anilines is 1. The van der Waals surface area contributed by atoms with Crippen molar-refractivity contribution in [3.63, 3.8) is 0 Å². The number of imidazole rings is 1. The van der Waals surface area contributed by atoms with E-state index in [0.29, 0.717) is 5.69 Å². The van der Waals surface area contributed by atoms with Gasteiger partial charge in [0.25, 0.3) is 0 Å². The van der Waals surface area contributed by atoms with E-state index >= 15 is 0 Å². The van der Waals surface area contributed by atoms with E-state index in [9.17, 15) is 17.6 Å². The van der Waals surface area contributed by atoms with Gasteiger partial charge in [-0.3, -0.25) is 0 Å². The van der Waals surface area contributed by atoms with Crippen LogP contribution in [-0.4, -0.2) is 38.0 Å². The van der Waals surface area contributed by atoms with E-state index in [1.165, 1.54) is 12.3 Å². The normalized spacial score (nSPS) is 19.6. The number of halogens is 4. The van der Waals surface area contributed by atoms with Crippen LogP contribution in [0.5, 0.6) is 0 Å². The zero-order valence-corrected chi connectivity index (χ0v) is 17.1. The molecule has 0 aliphatic carbocycles. The Morgan fingerprint density at radius 3 is 2.75 bits per heavy atom. The lowest BCUT2D eigenvalue weighted by atomic mass is 9.86. The van der Waals surface area contributed by atoms with Crippen LogP contribution in [0.4, 0.5) is 23.4 Å². The number of aromatic nitrogens is 5. The molecule has 1 aromatic carbocycles. The number of hydrogen-bond donors (Lipinski definition) is 2. The number of aromatic amines is 2. The van der Waals surface area contributed by atoms with Gasteiger partial charge in [0, 0.05) is 30.8 Å². The fourth-order valence-electron chi connectivity index (χ4n) is 4.44. The Kier molecular flexibility index (Phi) is 4.87. The lowest BCUT2D eigenvalue weighted by Gasteiger charge is -2.37. The molecule has 1 aliphatic rings. The van der Waals surface area contributed by atoms with E-state index in [2.05, 4.69) is 36.7 Å². The molecule has 0 bridgehead atoms. The van der Waals surface area contributed by atoms with Crippen LogP contribution in [0.3, 0.4) is 0 Å². The minimum atomic E-state index is -4.75. The monoisotopic (exact) mass is 444 g/mol. The van der Waals surface area contributed by atoms with Gasteiger partial charge in [0.2, 0.25) is 0 Å². The molecule has 5 rings (SSSR count). The standard InChI is InChI=1S/C22H20F4N6/c1-12-10-32(21-15-4-6-27-19(15)29-11-30-21)7-5-14(12)20-28-9-18(31-20)13-2-3-17(23)16(8-13)22(24,25)26/h2-4,6,8-9,11-12,14H,5,7,10H2,1H3,(H,28,31)(H,27,29,30). The zero-order chi connectivity index (χ0) is 22.5. The van der Waals surface area contributed by atoms with Crippen LogP contribution in [0.15, 0.2) is 43.0 Å². The number of nitrogens with zero attached hydrogens (tertiary/aromatic N) is 4. The van der Waals surface area contributed by atoms with E-state index in [1.807, 2.05) is 12.3 Å². The van der Waals surface area contributed by atoms with Gasteiger partial charge in [-0.2, -0.15) is 13.2 Å². The van der Waals surface area contributed by atoms with Gasteiger partial charge in [-0.15, -0.1) is 0 Å². The molecule has 3 aromatic heterocycles. The van der Waals surface area contributed by atoms with Gasteiger partial charge < -0.3 is 14.9 Å². The van der Waals surface area contributed by atoms with Gasteiger partial charge in [-0.1, -0.05) is 6.92 Å². The molecule has 6 nitrogen and oxygen atoms in total. The minimum absolute atomic E-state index is 0.117. The molecule has 166 valence electrons. The first-order chi connectivity index (χ1) is 15.3. The lowest BCUT2D eigenvalue weighted by molar-refractivity contribution is -0.139. The second kappa shape index (κ2) is 7.61. The van der Waals surface area contributed by atoms with E-state index in [-0.39, 0.29) is 17.4 Å². The minimum Gasteiger partial charge on any atom is -0.356 e. The first-order valence-corrected chi connectivity index (χ1v) is 10.3. The van der Waals surface area contributed by atoms with Gasteiger partial charge in [0.1, 0.15) is 29.4 Å². The Morgan fingerprint density at radius 2 is 1.97 bits per heavy atom. The highest BCUT2D eigenvalue weighted by Crippen LogP contribution is 2.37. The Bertz CT molecular complexity index is 1260. The second-order valence-electron chi connectivity index (χ2n) is 8.13. The van der Waals surface area contributed by atoms with Crippen LogP contribution in [-0.2, 0) is 6.18 Å². The van der Waals surface area contributed by atoms with Crippen LogP contribution in [0.1, 0.15) is 30.7 Å². The molecule has 4 aromatic rings. The van der Waals surface area contributed by atoms with Crippen LogP contribution >= 0.6 is 0 Å². The molecule has 0 spiro atoms. The summed E-state index contributed by atoms with van der Waals surface area (Å²) in [4.78, 5) is 21.6. The molecule has 0 radical (unpaired) electrons. The van der Waals surface area contributed by atoms with Crippen LogP contribution in [0.25, 0.3) is 22.3 Å². The molecule has 1 saturated heterocycles. The summed E-state index contributed by atoms with van der Waals surface area (Å²) >= 11 is 0. The molecule has 4 heterocycles. The summed E-state index contributed by atoms with van der Waals surface area (Å²) < 4.78 is 52.8. The van der Waals surface area contributed by atoms with Gasteiger partial charge in [0.15, 0.2) is 0 Å². The molecule has 2 atom stereocenters. The largest absolute Gasteiger partial charge is 0.419 e. The van der Waals surface area contributed by atoms with Crippen molar-refractivity contribution in [2.24, 2.45) is 5.92 Å². The number of fused-ring (bicyclic) bond motifs is 1. The number of piperidine rings is 1. The summed E-state index contributed by atoms with van der Waals surface area (Å²) in [6, 6.07) is 4.93. The molecule has 32 heavy (non-hydrogen) atoms. The van der Waals surface area contributed by atoms with E-state index in [1.54, 1.807) is 6.33 Å². The topological polar surface area (TPSA) is 73.5 Å². The quantitative estimate of drug-likeness (QED) is 0.430. The van der Waals surface area contributed by atoms with Crippen LogP contribution < -0.4 is 4.90 Å². The summed E-state index contributed by atoms with van der Waals surface area (Å²) in [5.41, 5.74) is 0.190. The predicted molar refractivity (Wildman–Crippen MR) is 112 cm³/mol. The third-order valence-electron chi connectivity index (χ3n) is 6.07. The highest BCUT2D eigenvalue weighted by atomic mass is 19.4. The van der Waals surface area contributed by atoms with Crippen molar-refractivity contribution in [1.82, 2.24) is 24.9 Å². The van der Waals surface area contributed by atoms with E-state index in [0.717, 1.165) is 54.3 Å². The fraction of sp³-hybridized carbons (Fsp3) is 0.318. The molecule has 10 heteroatoms.